The Hall–Kier alpha value is -2.88. The third kappa shape index (κ3) is 3.24. The lowest BCUT2D eigenvalue weighted by molar-refractivity contribution is 0.0492. The number of alkyl carbamates (subject to hydrolysis) is 1. The Morgan fingerprint density at radius 3 is 2.57 bits per heavy atom. The lowest BCUT2D eigenvalue weighted by atomic mass is 9.82. The smallest absolute Gasteiger partial charge is 0.408 e. The van der Waals surface area contributed by atoms with Gasteiger partial charge in [0.05, 0.1) is 6.04 Å². The molecule has 2 aromatic carbocycles. The van der Waals surface area contributed by atoms with Crippen molar-refractivity contribution in [2.45, 2.75) is 51.7 Å². The van der Waals surface area contributed by atoms with Crippen LogP contribution >= 0.6 is 0 Å². The summed E-state index contributed by atoms with van der Waals surface area (Å²) in [7, 11) is 0. The summed E-state index contributed by atoms with van der Waals surface area (Å²) in [6, 6.07) is 11.8. The predicted molar refractivity (Wildman–Crippen MR) is 109 cm³/mol. The minimum atomic E-state index is -0.601. The molecular formula is C24H25NO3. The summed E-state index contributed by atoms with van der Waals surface area (Å²) in [5.74, 6) is 0.0808. The van der Waals surface area contributed by atoms with Crippen LogP contribution in [0.1, 0.15) is 56.0 Å². The van der Waals surface area contributed by atoms with Gasteiger partial charge in [-0.25, -0.2) is 4.79 Å². The molecule has 1 N–H and O–H groups in total. The van der Waals surface area contributed by atoms with Gasteiger partial charge in [0, 0.05) is 11.5 Å². The van der Waals surface area contributed by atoms with E-state index in [0.717, 1.165) is 26.8 Å². The fraction of sp³-hybridized carbons (Fsp3) is 0.333. The zero-order valence-electron chi connectivity index (χ0n) is 16.7. The Balaban J connectivity index is 1.81. The van der Waals surface area contributed by atoms with E-state index in [0.29, 0.717) is 6.42 Å². The van der Waals surface area contributed by atoms with E-state index in [1.807, 2.05) is 45.0 Å². The number of ketones is 1. The Kier molecular flexibility index (Phi) is 4.37. The largest absolute Gasteiger partial charge is 0.444 e. The molecule has 2 atom stereocenters. The quantitative estimate of drug-likeness (QED) is 0.833. The monoisotopic (exact) mass is 375 g/mol. The lowest BCUT2D eigenvalue weighted by Crippen LogP contribution is -2.46. The van der Waals surface area contributed by atoms with E-state index in [1.165, 1.54) is 5.22 Å². The minimum Gasteiger partial charge on any atom is -0.444 e. The number of nitrogens with one attached hydrogen (secondary N) is 1. The van der Waals surface area contributed by atoms with Gasteiger partial charge in [-0.15, -0.1) is 0 Å². The van der Waals surface area contributed by atoms with Crippen LogP contribution in [0.4, 0.5) is 4.79 Å². The molecule has 1 unspecified atom stereocenters. The van der Waals surface area contributed by atoms with Crippen molar-refractivity contribution in [1.82, 2.24) is 5.32 Å². The molecule has 0 radical (unpaired) electrons. The fourth-order valence-corrected chi connectivity index (χ4v) is 4.13. The number of ether oxygens (including phenoxy) is 1. The number of carbonyl (C=O) groups excluding carboxylic acids is 2. The third-order valence-corrected chi connectivity index (χ3v) is 5.24. The van der Waals surface area contributed by atoms with Gasteiger partial charge >= 0.3 is 6.09 Å². The molecule has 0 aromatic heterocycles. The summed E-state index contributed by atoms with van der Waals surface area (Å²) in [5, 5.41) is 7.14. The van der Waals surface area contributed by atoms with Gasteiger partial charge in [0.15, 0.2) is 5.78 Å². The molecule has 4 nitrogen and oxygen atoms in total. The van der Waals surface area contributed by atoms with E-state index >= 15 is 0 Å². The molecule has 0 fully saturated rings. The SMILES string of the molecule is CC1C=c2ccccc2=c2ccc3c(c21)C(=O)[C@@H](NC(=O)OC(C)(C)C)CC=3. The summed E-state index contributed by atoms with van der Waals surface area (Å²) in [6.45, 7) is 7.54. The van der Waals surface area contributed by atoms with Crippen LogP contribution in [0, 0.1) is 10.4 Å². The maximum atomic E-state index is 13.3. The van der Waals surface area contributed by atoms with Gasteiger partial charge in [0.25, 0.3) is 0 Å². The van der Waals surface area contributed by atoms with Crippen molar-refractivity contribution < 1.29 is 14.3 Å². The van der Waals surface area contributed by atoms with Gasteiger partial charge in [0.2, 0.25) is 0 Å². The average Bonchev–Trinajstić information content (AvgIpc) is 2.62. The van der Waals surface area contributed by atoms with E-state index in [9.17, 15) is 9.59 Å². The van der Waals surface area contributed by atoms with Crippen LogP contribution in [0.5, 0.6) is 0 Å². The van der Waals surface area contributed by atoms with Crippen molar-refractivity contribution in [2.24, 2.45) is 0 Å². The minimum absolute atomic E-state index is 0.0418. The first-order valence-electron chi connectivity index (χ1n) is 9.73. The van der Waals surface area contributed by atoms with Crippen molar-refractivity contribution in [2.75, 3.05) is 0 Å². The Labute approximate surface area is 164 Å². The van der Waals surface area contributed by atoms with Gasteiger partial charge in [-0.3, -0.25) is 4.79 Å². The van der Waals surface area contributed by atoms with Gasteiger partial charge in [0.1, 0.15) is 5.60 Å². The lowest BCUT2D eigenvalue weighted by Gasteiger charge is -2.26. The van der Waals surface area contributed by atoms with E-state index in [1.54, 1.807) is 0 Å². The molecule has 0 heterocycles. The molecule has 0 spiro atoms. The zero-order chi connectivity index (χ0) is 20.1. The number of hydrogen-bond acceptors (Lipinski definition) is 3. The van der Waals surface area contributed by atoms with Gasteiger partial charge < -0.3 is 10.1 Å². The second-order valence-corrected chi connectivity index (χ2v) is 8.54. The molecule has 144 valence electrons. The first-order chi connectivity index (χ1) is 13.2. The van der Waals surface area contributed by atoms with Crippen molar-refractivity contribution >= 4 is 24.0 Å². The van der Waals surface area contributed by atoms with Crippen molar-refractivity contribution in [1.29, 1.82) is 0 Å². The maximum Gasteiger partial charge on any atom is 0.408 e. The van der Waals surface area contributed by atoms with Crippen LogP contribution in [0.25, 0.3) is 12.2 Å². The summed E-state index contributed by atoms with van der Waals surface area (Å²) < 4.78 is 5.33. The van der Waals surface area contributed by atoms with E-state index < -0.39 is 17.7 Å². The highest BCUT2D eigenvalue weighted by Crippen LogP contribution is 2.26. The Bertz CT molecular complexity index is 1190. The van der Waals surface area contributed by atoms with Crippen molar-refractivity contribution in [3.05, 3.63) is 68.4 Å². The summed E-state index contributed by atoms with van der Waals surface area (Å²) >= 11 is 0. The Morgan fingerprint density at radius 1 is 1.07 bits per heavy atom. The number of fused-ring (bicyclic) bond motifs is 4. The highest BCUT2D eigenvalue weighted by Gasteiger charge is 2.30. The molecule has 1 amide bonds. The van der Waals surface area contributed by atoms with Crippen molar-refractivity contribution in [3.8, 4) is 0 Å². The number of rotatable bonds is 1. The topological polar surface area (TPSA) is 55.4 Å². The second kappa shape index (κ2) is 6.62. The average molecular weight is 375 g/mol. The van der Waals surface area contributed by atoms with Crippen LogP contribution in [-0.4, -0.2) is 23.5 Å². The number of hydrogen-bond donors (Lipinski definition) is 1. The molecular weight excluding hydrogens is 350 g/mol. The number of carbonyl (C=O) groups is 2. The third-order valence-electron chi connectivity index (χ3n) is 5.24. The van der Waals surface area contributed by atoms with Gasteiger partial charge in [-0.2, -0.15) is 0 Å². The molecule has 4 heteroatoms. The van der Waals surface area contributed by atoms with Crippen LogP contribution in [-0.2, 0) is 4.74 Å². The number of Topliss-reactive ketones (excluding diaryl/α,β-unsaturated/α-hetero) is 1. The summed E-state index contributed by atoms with van der Waals surface area (Å²) in [5.41, 5.74) is 1.17. The molecule has 28 heavy (non-hydrogen) atoms. The van der Waals surface area contributed by atoms with Crippen LogP contribution in [0.3, 0.4) is 0 Å². The second-order valence-electron chi connectivity index (χ2n) is 8.54. The van der Waals surface area contributed by atoms with Crippen LogP contribution < -0.4 is 15.8 Å². The molecule has 0 saturated heterocycles. The Morgan fingerprint density at radius 2 is 1.82 bits per heavy atom. The molecule has 0 aliphatic heterocycles. The molecule has 0 bridgehead atoms. The summed E-state index contributed by atoms with van der Waals surface area (Å²) in [4.78, 5) is 25.5. The zero-order valence-corrected chi connectivity index (χ0v) is 16.7. The van der Waals surface area contributed by atoms with Crippen molar-refractivity contribution in [3.63, 3.8) is 0 Å². The van der Waals surface area contributed by atoms with Crippen LogP contribution in [0.2, 0.25) is 0 Å². The maximum absolute atomic E-state index is 13.3. The van der Waals surface area contributed by atoms with E-state index in [2.05, 4.69) is 36.5 Å². The molecule has 0 saturated carbocycles. The first kappa shape index (κ1) is 18.5. The predicted octanol–water partition coefficient (Wildman–Crippen LogP) is 3.13. The van der Waals surface area contributed by atoms with Gasteiger partial charge in [-0.1, -0.05) is 55.5 Å². The molecule has 2 aromatic rings. The highest BCUT2D eigenvalue weighted by atomic mass is 16.6. The highest BCUT2D eigenvalue weighted by molar-refractivity contribution is 6.05. The molecule has 4 rings (SSSR count). The van der Waals surface area contributed by atoms with E-state index in [4.69, 9.17) is 4.74 Å². The molecule has 2 aliphatic carbocycles. The first-order valence-corrected chi connectivity index (χ1v) is 9.73. The number of benzene rings is 2. The number of amides is 1. The fourth-order valence-electron chi connectivity index (χ4n) is 4.13. The molecule has 2 aliphatic rings. The standard InChI is InChI=1S/C24H25NO3/c1-14-13-16-7-5-6-8-17(16)18-11-9-15-10-12-19(22(26)21(15)20(14)18)25-23(27)28-24(2,3)4/h5-11,13-14,19H,12H2,1-4H3,(H,25,27)/t14?,19-/m0/s1. The van der Waals surface area contributed by atoms with Crippen LogP contribution in [0.15, 0.2) is 36.4 Å². The summed E-state index contributed by atoms with van der Waals surface area (Å²) in [6.07, 6.45) is 4.15. The normalized spacial score (nSPS) is 20.1. The van der Waals surface area contributed by atoms with E-state index in [-0.39, 0.29) is 11.7 Å². The van der Waals surface area contributed by atoms with Gasteiger partial charge in [-0.05, 0) is 53.6 Å².